The summed E-state index contributed by atoms with van der Waals surface area (Å²) in [6, 6.07) is 27.1. The van der Waals surface area contributed by atoms with Gasteiger partial charge in [0.25, 0.3) is 0 Å². The van der Waals surface area contributed by atoms with Crippen molar-refractivity contribution in [2.24, 2.45) is 0 Å². The van der Waals surface area contributed by atoms with Gasteiger partial charge in [0.1, 0.15) is 22.7 Å². The van der Waals surface area contributed by atoms with Crippen LogP contribution < -0.4 is 20.7 Å². The number of benzene rings is 4. The molecular formula is C48H55BrO8. The van der Waals surface area contributed by atoms with E-state index in [2.05, 4.69) is 48.5 Å². The average molecular weight is 840 g/mol. The number of hydrogen-bond acceptors (Lipinski definition) is 8. The van der Waals surface area contributed by atoms with Crippen LogP contribution in [0.1, 0.15) is 75.5 Å². The maximum absolute atomic E-state index is 12.6. The Labute approximate surface area is 343 Å². The second kappa shape index (κ2) is 23.3. The Hall–Kier alpha value is -4.96. The Bertz CT molecular complexity index is 2320. The van der Waals surface area contributed by atoms with E-state index in [0.717, 1.165) is 102 Å². The fourth-order valence-corrected chi connectivity index (χ4v) is 6.89. The lowest BCUT2D eigenvalue weighted by molar-refractivity contribution is 0.282. The maximum atomic E-state index is 12.6. The summed E-state index contributed by atoms with van der Waals surface area (Å²) < 4.78 is 22.4. The van der Waals surface area contributed by atoms with Gasteiger partial charge in [-0.15, -0.1) is 6.58 Å². The van der Waals surface area contributed by atoms with Crippen molar-refractivity contribution in [2.75, 3.05) is 27.4 Å². The zero-order valence-electron chi connectivity index (χ0n) is 33.6. The van der Waals surface area contributed by atoms with E-state index in [4.69, 9.17) is 28.5 Å². The van der Waals surface area contributed by atoms with Crippen molar-refractivity contribution in [1.82, 2.24) is 0 Å². The van der Waals surface area contributed by atoms with Gasteiger partial charge in [0, 0.05) is 40.6 Å². The van der Waals surface area contributed by atoms with Gasteiger partial charge in [0.15, 0.2) is 0 Å². The minimum Gasteiger partial charge on any atom is -0.497 e. The molecule has 2 N–H and O–H groups in total. The molecule has 0 saturated carbocycles. The number of fused-ring (bicyclic) bond motifs is 2. The molecule has 4 aromatic carbocycles. The standard InChI is InChI=1S/C24H28O4.C18H15BrO3.C6H12O/c1-3-18-14-17(8-6-4-5-7-13-25)9-12-21(18)22-15-19-10-11-20(27-2)16-23(19)28-24(22)26;1-3-11-8-13(19)5-7-15(11)16-9-12-4-6-14(21-2)10-17(12)22-18(16)20;1-2-3-4-5-6-7/h9-12,14-16,25H,3-8,13H2,1-2H3;4-10H,3H2,1-2H3;2,7H,1,3-6H2. The van der Waals surface area contributed by atoms with Gasteiger partial charge in [-0.1, -0.05) is 73.0 Å². The van der Waals surface area contributed by atoms with Crippen molar-refractivity contribution in [2.45, 2.75) is 78.1 Å². The van der Waals surface area contributed by atoms with E-state index in [1.165, 1.54) is 5.56 Å². The maximum Gasteiger partial charge on any atom is 0.344 e. The number of unbranched alkanes of at least 4 members (excludes halogenated alkanes) is 5. The van der Waals surface area contributed by atoms with E-state index in [0.29, 0.717) is 40.4 Å². The van der Waals surface area contributed by atoms with Crippen LogP contribution in [0, 0.1) is 0 Å². The summed E-state index contributed by atoms with van der Waals surface area (Å²) >= 11 is 3.47. The minimum atomic E-state index is -0.335. The van der Waals surface area contributed by atoms with Gasteiger partial charge < -0.3 is 28.5 Å². The average Bonchev–Trinajstić information content (AvgIpc) is 3.23. The topological polar surface area (TPSA) is 119 Å². The lowest BCUT2D eigenvalue weighted by Crippen LogP contribution is -2.05. The Morgan fingerprint density at radius 2 is 1.12 bits per heavy atom. The van der Waals surface area contributed by atoms with Gasteiger partial charge in [-0.2, -0.15) is 0 Å². The fraction of sp³-hybridized carbons (Fsp3) is 0.333. The quantitative estimate of drug-likeness (QED) is 0.0562. The zero-order valence-corrected chi connectivity index (χ0v) is 35.2. The second-order valence-corrected chi connectivity index (χ2v) is 14.5. The first-order valence-corrected chi connectivity index (χ1v) is 20.5. The van der Waals surface area contributed by atoms with Gasteiger partial charge in [-0.05, 0) is 128 Å². The number of aliphatic hydroxyl groups is 2. The van der Waals surface area contributed by atoms with Crippen LogP contribution in [-0.4, -0.2) is 37.6 Å². The van der Waals surface area contributed by atoms with Crippen LogP contribution in [0.15, 0.2) is 120 Å². The molecule has 0 fully saturated rings. The molecular weight excluding hydrogens is 784 g/mol. The minimum absolute atomic E-state index is 0.274. The highest BCUT2D eigenvalue weighted by Gasteiger charge is 2.14. The molecule has 0 bridgehead atoms. The predicted molar refractivity (Wildman–Crippen MR) is 236 cm³/mol. The molecule has 0 radical (unpaired) electrons. The number of methoxy groups -OCH3 is 2. The van der Waals surface area contributed by atoms with Crippen LogP contribution in [-0.2, 0) is 19.3 Å². The molecule has 2 heterocycles. The van der Waals surface area contributed by atoms with Crippen molar-refractivity contribution in [1.29, 1.82) is 0 Å². The van der Waals surface area contributed by atoms with E-state index in [1.54, 1.807) is 26.4 Å². The summed E-state index contributed by atoms with van der Waals surface area (Å²) in [5.74, 6) is 1.34. The summed E-state index contributed by atoms with van der Waals surface area (Å²) in [6.07, 6.45) is 11.8. The Morgan fingerprint density at radius 1 is 0.614 bits per heavy atom. The third kappa shape index (κ3) is 12.8. The first-order chi connectivity index (χ1) is 27.7. The first-order valence-electron chi connectivity index (χ1n) is 19.7. The molecule has 0 aliphatic carbocycles. The van der Waals surface area contributed by atoms with Gasteiger partial charge >= 0.3 is 11.3 Å². The SMILES string of the molecule is C=CCCCCO.CCc1cc(Br)ccc1-c1cc2ccc(OC)cc2oc1=O.CCc1cc(CCCCCCO)ccc1-c1cc2ccc(OC)cc2oc1=O. The lowest BCUT2D eigenvalue weighted by Gasteiger charge is -2.11. The molecule has 0 spiro atoms. The molecule has 0 saturated heterocycles. The summed E-state index contributed by atoms with van der Waals surface area (Å²) in [5.41, 5.74) is 7.00. The van der Waals surface area contributed by atoms with Crippen LogP contribution >= 0.6 is 15.9 Å². The number of rotatable bonds is 16. The third-order valence-electron chi connectivity index (χ3n) is 9.66. The fourth-order valence-electron chi connectivity index (χ4n) is 6.48. The molecule has 0 aliphatic rings. The summed E-state index contributed by atoms with van der Waals surface area (Å²) in [4.78, 5) is 25.0. The van der Waals surface area contributed by atoms with E-state index >= 15 is 0 Å². The van der Waals surface area contributed by atoms with Crippen molar-refractivity contribution >= 4 is 37.9 Å². The number of allylic oxidation sites excluding steroid dienone is 1. The number of aliphatic hydroxyl groups excluding tert-OH is 2. The van der Waals surface area contributed by atoms with Gasteiger partial charge in [-0.3, -0.25) is 0 Å². The van der Waals surface area contributed by atoms with Crippen molar-refractivity contribution in [3.8, 4) is 33.8 Å². The molecule has 9 heteroatoms. The molecule has 57 heavy (non-hydrogen) atoms. The highest BCUT2D eigenvalue weighted by Crippen LogP contribution is 2.30. The monoisotopic (exact) mass is 838 g/mol. The van der Waals surface area contributed by atoms with Crippen molar-refractivity contribution in [3.63, 3.8) is 0 Å². The Balaban J connectivity index is 0.000000221. The van der Waals surface area contributed by atoms with Gasteiger partial charge in [0.2, 0.25) is 0 Å². The van der Waals surface area contributed by atoms with E-state index in [9.17, 15) is 9.59 Å². The first kappa shape index (κ1) is 44.8. The van der Waals surface area contributed by atoms with E-state index < -0.39 is 0 Å². The summed E-state index contributed by atoms with van der Waals surface area (Å²) in [6.45, 7) is 8.31. The molecule has 8 nitrogen and oxygen atoms in total. The molecule has 6 aromatic rings. The van der Waals surface area contributed by atoms with E-state index in [1.807, 2.05) is 66.7 Å². The molecule has 0 atom stereocenters. The lowest BCUT2D eigenvalue weighted by atomic mass is 9.94. The molecule has 0 amide bonds. The molecule has 2 aromatic heterocycles. The molecule has 302 valence electrons. The van der Waals surface area contributed by atoms with Crippen LogP contribution in [0.5, 0.6) is 11.5 Å². The van der Waals surface area contributed by atoms with Crippen LogP contribution in [0.2, 0.25) is 0 Å². The molecule has 6 rings (SSSR count). The van der Waals surface area contributed by atoms with Crippen molar-refractivity contribution < 1.29 is 28.5 Å². The number of halogens is 1. The number of ether oxygens (including phenoxy) is 2. The van der Waals surface area contributed by atoms with Gasteiger partial charge in [0.05, 0.1) is 25.3 Å². The molecule has 0 unspecified atom stereocenters. The number of aryl methyl sites for hydroxylation is 3. The van der Waals surface area contributed by atoms with E-state index in [-0.39, 0.29) is 17.9 Å². The van der Waals surface area contributed by atoms with Crippen LogP contribution in [0.4, 0.5) is 0 Å². The predicted octanol–water partition coefficient (Wildman–Crippen LogP) is 11.3. The van der Waals surface area contributed by atoms with Crippen LogP contribution in [0.3, 0.4) is 0 Å². The zero-order chi connectivity index (χ0) is 41.2. The van der Waals surface area contributed by atoms with Gasteiger partial charge in [-0.25, -0.2) is 9.59 Å². The summed E-state index contributed by atoms with van der Waals surface area (Å²) in [7, 11) is 3.18. The Kier molecular flexibility index (Phi) is 18.3. The Morgan fingerprint density at radius 3 is 1.63 bits per heavy atom. The largest absolute Gasteiger partial charge is 0.497 e. The third-order valence-corrected chi connectivity index (χ3v) is 10.1. The smallest absolute Gasteiger partial charge is 0.344 e. The van der Waals surface area contributed by atoms with Crippen molar-refractivity contribution in [3.05, 3.63) is 140 Å². The summed E-state index contributed by atoms with van der Waals surface area (Å²) in [5, 5.41) is 18.9. The van der Waals surface area contributed by atoms with Crippen LogP contribution in [0.25, 0.3) is 44.2 Å². The highest BCUT2D eigenvalue weighted by atomic mass is 79.9. The number of hydrogen-bond donors (Lipinski definition) is 2. The highest BCUT2D eigenvalue weighted by molar-refractivity contribution is 9.10. The normalized spacial score (nSPS) is 10.7. The second-order valence-electron chi connectivity index (χ2n) is 13.6. The molecule has 0 aliphatic heterocycles.